The summed E-state index contributed by atoms with van der Waals surface area (Å²) in [5.74, 6) is 0. The molecule has 4 heteroatoms. The van der Waals surface area contributed by atoms with E-state index in [2.05, 4.69) is 114 Å². The fourth-order valence-electron chi connectivity index (χ4n) is 5.55. The molecule has 0 amide bonds. The van der Waals surface area contributed by atoms with Crippen molar-refractivity contribution in [1.82, 2.24) is 0 Å². The van der Waals surface area contributed by atoms with Crippen molar-refractivity contribution >= 4 is 29.2 Å². The largest absolute Gasteiger partial charge is 0.490 e. The summed E-state index contributed by atoms with van der Waals surface area (Å²) in [4.78, 5) is 4.91. The van der Waals surface area contributed by atoms with Gasteiger partial charge in [-0.25, -0.2) is 0 Å². The Bertz CT molecular complexity index is 1020. The maximum atomic E-state index is 7.57. The molecule has 0 N–H and O–H groups in total. The van der Waals surface area contributed by atoms with E-state index in [4.69, 9.17) is 11.5 Å². The zero-order valence-corrected chi connectivity index (χ0v) is 21.4. The molecule has 0 radical (unpaired) electrons. The Balaban J connectivity index is 2.04. The summed E-state index contributed by atoms with van der Waals surface area (Å²) in [5.41, 5.74) is 8.95. The smallest absolute Gasteiger partial charge is 0.372 e. The highest BCUT2D eigenvalue weighted by atomic mass is 35.5. The summed E-state index contributed by atoms with van der Waals surface area (Å²) < 4.78 is 0. The predicted octanol–water partition coefficient (Wildman–Crippen LogP) is 7.57. The van der Waals surface area contributed by atoms with Gasteiger partial charge in [0.05, 0.1) is 5.54 Å². The maximum Gasteiger partial charge on any atom is 0.490 e. The number of aryl methyl sites for hydroxylation is 4. The lowest BCUT2D eigenvalue weighted by molar-refractivity contribution is 0.474. The van der Waals surface area contributed by atoms with Gasteiger partial charge in [-0.3, -0.25) is 0 Å². The van der Waals surface area contributed by atoms with Crippen molar-refractivity contribution in [3.05, 3.63) is 70.4 Å². The van der Waals surface area contributed by atoms with Crippen LogP contribution in [0.15, 0.2) is 48.2 Å². The molecule has 31 heavy (non-hydrogen) atoms. The van der Waals surface area contributed by atoms with Crippen molar-refractivity contribution in [2.75, 3.05) is 9.62 Å². The molecule has 2 aliphatic rings. The topological polar surface area (TPSA) is 6.48 Å². The van der Waals surface area contributed by atoms with Crippen molar-refractivity contribution in [2.45, 2.75) is 74.3 Å². The third-order valence-corrected chi connectivity index (χ3v) is 7.77. The predicted molar refractivity (Wildman–Crippen MR) is 137 cm³/mol. The summed E-state index contributed by atoms with van der Waals surface area (Å²) >= 11 is 7.57. The maximum absolute atomic E-state index is 7.57. The zero-order valence-electron chi connectivity index (χ0n) is 20.6. The molecule has 1 fully saturated rings. The average Bonchev–Trinajstić information content (AvgIpc) is 3.18. The number of benzene rings is 2. The van der Waals surface area contributed by atoms with Crippen LogP contribution in [0.3, 0.4) is 0 Å². The number of allylic oxidation sites excluding steroid dienone is 1. The molecule has 0 aromatic heterocycles. The van der Waals surface area contributed by atoms with Crippen LogP contribution >= 0.6 is 11.5 Å². The van der Waals surface area contributed by atoms with Crippen molar-refractivity contribution in [3.63, 3.8) is 0 Å². The summed E-state index contributed by atoms with van der Waals surface area (Å²) in [7, 11) is 0. The molecule has 1 spiro atoms. The minimum atomic E-state index is -0.305. The molecular formula is C27H36BClN2. The van der Waals surface area contributed by atoms with Crippen molar-refractivity contribution in [1.29, 1.82) is 0 Å². The van der Waals surface area contributed by atoms with Gasteiger partial charge in [-0.15, -0.1) is 11.5 Å². The second-order valence-corrected chi connectivity index (χ2v) is 11.7. The molecule has 4 rings (SSSR count). The molecule has 1 saturated carbocycles. The summed E-state index contributed by atoms with van der Waals surface area (Å²) in [6.45, 7) is 20.5. The van der Waals surface area contributed by atoms with Gasteiger partial charge in [-0.1, -0.05) is 71.0 Å². The van der Waals surface area contributed by atoms with E-state index in [1.54, 1.807) is 0 Å². The van der Waals surface area contributed by atoms with E-state index in [-0.39, 0.29) is 22.8 Å². The summed E-state index contributed by atoms with van der Waals surface area (Å²) in [6, 6.07) is 13.1. The number of nitrogens with zero attached hydrogens (tertiary/aromatic N) is 2. The van der Waals surface area contributed by atoms with Crippen LogP contribution in [-0.2, 0) is 0 Å². The Kier molecular flexibility index (Phi) is 5.09. The fraction of sp³-hybridized carbons (Fsp3) is 0.481. The number of rotatable bonds is 2. The van der Waals surface area contributed by atoms with Crippen LogP contribution < -0.4 is 9.62 Å². The number of para-hydroxylation sites is 2. The standard InChI is InChI=1S/C27H36BClN2/c1-18-12-10-13-19(2)23(18)30-22(25(5,6)7)16-27(17-26(27,8)9)31(28(30)29)24-20(3)14-11-15-21(24)4/h10-16H,17H2,1-9H3. The molecule has 0 bridgehead atoms. The number of anilines is 2. The highest BCUT2D eigenvalue weighted by Crippen LogP contribution is 2.65. The normalized spacial score (nSPS) is 22.8. The van der Waals surface area contributed by atoms with E-state index in [0.717, 1.165) is 6.42 Å². The molecule has 2 nitrogen and oxygen atoms in total. The van der Waals surface area contributed by atoms with Gasteiger partial charge in [-0.05, 0) is 67.9 Å². The van der Waals surface area contributed by atoms with Crippen LogP contribution in [-0.4, -0.2) is 11.9 Å². The highest BCUT2D eigenvalue weighted by molar-refractivity contribution is 7.11. The van der Waals surface area contributed by atoms with Gasteiger partial charge >= 0.3 is 6.40 Å². The molecule has 164 valence electrons. The first-order valence-electron chi connectivity index (χ1n) is 11.4. The van der Waals surface area contributed by atoms with E-state index in [9.17, 15) is 0 Å². The van der Waals surface area contributed by atoms with Gasteiger partial charge in [0.2, 0.25) is 0 Å². The molecular weight excluding hydrogens is 399 g/mol. The molecule has 1 unspecified atom stereocenters. The van der Waals surface area contributed by atoms with Gasteiger partial charge in [0, 0.05) is 22.5 Å². The van der Waals surface area contributed by atoms with E-state index < -0.39 is 0 Å². The molecule has 1 atom stereocenters. The van der Waals surface area contributed by atoms with Gasteiger partial charge < -0.3 is 9.62 Å². The molecule has 1 heterocycles. The van der Waals surface area contributed by atoms with Gasteiger partial charge in [0.15, 0.2) is 0 Å². The zero-order chi connectivity index (χ0) is 22.9. The van der Waals surface area contributed by atoms with E-state index in [1.807, 2.05) is 0 Å². The lowest BCUT2D eigenvalue weighted by atomic mass is 9.76. The summed E-state index contributed by atoms with van der Waals surface area (Å²) in [6.07, 6.45) is 3.35. The third-order valence-electron chi connectivity index (χ3n) is 7.38. The number of halogens is 1. The van der Waals surface area contributed by atoms with E-state index >= 15 is 0 Å². The van der Waals surface area contributed by atoms with Crippen LogP contribution in [0, 0.1) is 38.5 Å². The second-order valence-electron chi connectivity index (χ2n) is 11.3. The van der Waals surface area contributed by atoms with Crippen LogP contribution in [0.1, 0.15) is 63.3 Å². The number of hydrogen-bond donors (Lipinski definition) is 0. The molecule has 1 aliphatic heterocycles. The Morgan fingerprint density at radius 1 is 0.839 bits per heavy atom. The Labute approximate surface area is 194 Å². The monoisotopic (exact) mass is 434 g/mol. The Morgan fingerprint density at radius 3 is 1.65 bits per heavy atom. The first-order chi connectivity index (χ1) is 14.3. The Hall–Kier alpha value is -1.87. The van der Waals surface area contributed by atoms with E-state index in [1.165, 1.54) is 39.3 Å². The van der Waals surface area contributed by atoms with Gasteiger partial charge in [-0.2, -0.15) is 0 Å². The summed E-state index contributed by atoms with van der Waals surface area (Å²) in [5, 5.41) is 0. The van der Waals surface area contributed by atoms with Crippen LogP contribution in [0.4, 0.5) is 11.4 Å². The van der Waals surface area contributed by atoms with Crippen LogP contribution in [0.5, 0.6) is 0 Å². The van der Waals surface area contributed by atoms with Crippen molar-refractivity contribution in [2.24, 2.45) is 10.8 Å². The molecule has 2 aromatic rings. The quantitative estimate of drug-likeness (QED) is 0.450. The van der Waals surface area contributed by atoms with Gasteiger partial charge in [0.25, 0.3) is 0 Å². The minimum Gasteiger partial charge on any atom is -0.372 e. The van der Waals surface area contributed by atoms with Gasteiger partial charge in [0.1, 0.15) is 0 Å². The number of hydrogen-bond acceptors (Lipinski definition) is 2. The Morgan fingerprint density at radius 2 is 1.26 bits per heavy atom. The molecule has 1 aliphatic carbocycles. The minimum absolute atomic E-state index is 0.0274. The lowest BCUT2D eigenvalue weighted by Gasteiger charge is -2.51. The van der Waals surface area contributed by atoms with E-state index in [0.29, 0.717) is 0 Å². The molecule has 2 aromatic carbocycles. The first-order valence-corrected chi connectivity index (χ1v) is 11.8. The third kappa shape index (κ3) is 3.32. The lowest BCUT2D eigenvalue weighted by Crippen LogP contribution is -2.62. The van der Waals surface area contributed by atoms with Crippen LogP contribution in [0.2, 0.25) is 0 Å². The van der Waals surface area contributed by atoms with Crippen molar-refractivity contribution < 1.29 is 0 Å². The first kappa shape index (κ1) is 22.3. The second kappa shape index (κ2) is 7.07. The average molecular weight is 435 g/mol. The fourth-order valence-corrected chi connectivity index (χ4v) is 6.03. The molecule has 0 saturated heterocycles. The highest BCUT2D eigenvalue weighted by Gasteiger charge is 2.68. The van der Waals surface area contributed by atoms with Crippen LogP contribution in [0.25, 0.3) is 0 Å². The SMILES string of the molecule is Cc1cccc(C)c1N1B(Cl)N(c2c(C)cccc2C)C2(C=C1C(C)(C)C)CC2(C)C. The van der Waals surface area contributed by atoms with Crippen molar-refractivity contribution in [3.8, 4) is 0 Å².